The first-order valence-electron chi connectivity index (χ1n) is 8.68. The molecule has 1 amide bonds. The molecular formula is C19H27NO4S. The van der Waals surface area contributed by atoms with Crippen LogP contribution in [0, 0.1) is 5.92 Å². The monoisotopic (exact) mass is 365 g/mol. The highest BCUT2D eigenvalue weighted by atomic mass is 32.2. The van der Waals surface area contributed by atoms with E-state index in [4.69, 9.17) is 4.74 Å². The Balaban J connectivity index is 1.95. The van der Waals surface area contributed by atoms with Crippen LogP contribution in [0.4, 0.5) is 0 Å². The fourth-order valence-electron chi connectivity index (χ4n) is 2.86. The highest BCUT2D eigenvalue weighted by molar-refractivity contribution is 7.92. The number of carbonyl (C=O) groups excluding carboxylic acids is 1. The number of sulfone groups is 1. The fraction of sp³-hybridized carbons (Fsp3) is 0.526. The summed E-state index contributed by atoms with van der Waals surface area (Å²) in [6, 6.07) is 6.27. The van der Waals surface area contributed by atoms with E-state index >= 15 is 0 Å². The number of amides is 1. The van der Waals surface area contributed by atoms with Gasteiger partial charge in [0.15, 0.2) is 9.84 Å². The predicted octanol–water partition coefficient (Wildman–Crippen LogP) is 2.92. The molecule has 1 aromatic carbocycles. The van der Waals surface area contributed by atoms with Gasteiger partial charge < -0.3 is 9.64 Å². The van der Waals surface area contributed by atoms with Crippen molar-refractivity contribution >= 4 is 15.7 Å². The van der Waals surface area contributed by atoms with Crippen molar-refractivity contribution in [2.75, 3.05) is 26.3 Å². The van der Waals surface area contributed by atoms with Crippen LogP contribution in [0.25, 0.3) is 0 Å². The van der Waals surface area contributed by atoms with Gasteiger partial charge in [0.05, 0.1) is 16.8 Å². The molecule has 0 aromatic heterocycles. The van der Waals surface area contributed by atoms with E-state index < -0.39 is 15.1 Å². The van der Waals surface area contributed by atoms with Crippen LogP contribution in [-0.2, 0) is 14.6 Å². The number of hydrogen-bond acceptors (Lipinski definition) is 4. The molecule has 1 fully saturated rings. The van der Waals surface area contributed by atoms with Gasteiger partial charge >= 0.3 is 0 Å². The number of benzene rings is 1. The summed E-state index contributed by atoms with van der Waals surface area (Å²) in [6.07, 6.45) is 3.58. The molecule has 138 valence electrons. The van der Waals surface area contributed by atoms with Crippen molar-refractivity contribution in [3.63, 3.8) is 0 Å². The van der Waals surface area contributed by atoms with Gasteiger partial charge in [-0.2, -0.15) is 0 Å². The first-order chi connectivity index (χ1) is 11.9. The third kappa shape index (κ3) is 4.92. The standard InChI is InChI=1S/C19H27NO4S/c1-4-13-24-14-16-9-11-20(12-10-16)19(21)17-5-7-18(8-6-17)25(22,23)15(2)3/h4-8,15-16H,1,9-14H2,2-3H3. The maximum absolute atomic E-state index is 12.6. The molecule has 0 spiro atoms. The first kappa shape index (κ1) is 19.7. The zero-order valence-electron chi connectivity index (χ0n) is 15.0. The fourth-order valence-corrected chi connectivity index (χ4v) is 3.92. The van der Waals surface area contributed by atoms with Crippen LogP contribution in [0.1, 0.15) is 37.0 Å². The van der Waals surface area contributed by atoms with Crippen molar-refractivity contribution < 1.29 is 17.9 Å². The Labute approximate surface area is 150 Å². The number of ether oxygens (including phenoxy) is 1. The summed E-state index contributed by atoms with van der Waals surface area (Å²) in [5.41, 5.74) is 0.532. The van der Waals surface area contributed by atoms with Crippen LogP contribution in [0.3, 0.4) is 0 Å². The number of rotatable bonds is 7. The molecule has 1 aromatic rings. The van der Waals surface area contributed by atoms with E-state index in [2.05, 4.69) is 6.58 Å². The quantitative estimate of drug-likeness (QED) is 0.550. The van der Waals surface area contributed by atoms with Gasteiger partial charge in [-0.15, -0.1) is 6.58 Å². The minimum Gasteiger partial charge on any atom is -0.377 e. The van der Waals surface area contributed by atoms with E-state index in [0.717, 1.165) is 12.8 Å². The zero-order chi connectivity index (χ0) is 18.4. The van der Waals surface area contributed by atoms with E-state index in [1.54, 1.807) is 32.1 Å². The summed E-state index contributed by atoms with van der Waals surface area (Å²) >= 11 is 0. The van der Waals surface area contributed by atoms with Crippen molar-refractivity contribution in [3.05, 3.63) is 42.5 Å². The van der Waals surface area contributed by atoms with Crippen molar-refractivity contribution in [3.8, 4) is 0 Å². The Morgan fingerprint density at radius 1 is 1.28 bits per heavy atom. The normalized spacial score (nSPS) is 16.2. The lowest BCUT2D eigenvalue weighted by Crippen LogP contribution is -2.39. The largest absolute Gasteiger partial charge is 0.377 e. The molecule has 1 heterocycles. The third-order valence-electron chi connectivity index (χ3n) is 4.54. The predicted molar refractivity (Wildman–Crippen MR) is 98.4 cm³/mol. The van der Waals surface area contributed by atoms with Crippen LogP contribution in [0.15, 0.2) is 41.8 Å². The maximum atomic E-state index is 12.6. The van der Waals surface area contributed by atoms with Gasteiger partial charge in [-0.25, -0.2) is 8.42 Å². The molecule has 2 rings (SSSR count). The summed E-state index contributed by atoms with van der Waals surface area (Å²) in [5.74, 6) is 0.432. The van der Waals surface area contributed by atoms with Crippen molar-refractivity contribution in [1.82, 2.24) is 4.90 Å². The second-order valence-electron chi connectivity index (χ2n) is 6.68. The van der Waals surface area contributed by atoms with E-state index in [1.807, 2.05) is 4.90 Å². The van der Waals surface area contributed by atoms with E-state index in [-0.39, 0.29) is 10.8 Å². The smallest absolute Gasteiger partial charge is 0.253 e. The zero-order valence-corrected chi connectivity index (χ0v) is 15.8. The molecular weight excluding hydrogens is 338 g/mol. The Morgan fingerprint density at radius 3 is 2.40 bits per heavy atom. The van der Waals surface area contributed by atoms with Gasteiger partial charge in [-0.3, -0.25) is 4.79 Å². The molecule has 1 aliphatic heterocycles. The Morgan fingerprint density at radius 2 is 1.88 bits per heavy atom. The molecule has 5 nitrogen and oxygen atoms in total. The average Bonchev–Trinajstić information content (AvgIpc) is 2.62. The summed E-state index contributed by atoms with van der Waals surface area (Å²) < 4.78 is 29.8. The van der Waals surface area contributed by atoms with E-state index in [1.165, 1.54) is 12.1 Å². The van der Waals surface area contributed by atoms with Gasteiger partial charge in [0.25, 0.3) is 5.91 Å². The molecule has 0 radical (unpaired) electrons. The maximum Gasteiger partial charge on any atom is 0.253 e. The highest BCUT2D eigenvalue weighted by Gasteiger charge is 2.24. The lowest BCUT2D eigenvalue weighted by Gasteiger charge is -2.32. The van der Waals surface area contributed by atoms with E-state index in [0.29, 0.717) is 37.8 Å². The molecule has 1 aliphatic rings. The molecule has 6 heteroatoms. The van der Waals surface area contributed by atoms with E-state index in [9.17, 15) is 13.2 Å². The SMILES string of the molecule is C=CCOCC1CCN(C(=O)c2ccc(S(=O)(=O)C(C)C)cc2)CC1. The minimum atomic E-state index is -3.31. The van der Waals surface area contributed by atoms with Gasteiger partial charge in [-0.05, 0) is 56.9 Å². The van der Waals surface area contributed by atoms with Crippen LogP contribution in [0.2, 0.25) is 0 Å². The number of piperidine rings is 1. The molecule has 25 heavy (non-hydrogen) atoms. The van der Waals surface area contributed by atoms with Gasteiger partial charge in [0, 0.05) is 25.3 Å². The molecule has 0 unspecified atom stereocenters. The average molecular weight is 365 g/mol. The summed E-state index contributed by atoms with van der Waals surface area (Å²) in [6.45, 7) is 9.59. The van der Waals surface area contributed by atoms with Crippen molar-refractivity contribution in [1.29, 1.82) is 0 Å². The second-order valence-corrected chi connectivity index (χ2v) is 9.18. The number of hydrogen-bond donors (Lipinski definition) is 0. The molecule has 0 aliphatic carbocycles. The van der Waals surface area contributed by atoms with Gasteiger partial charge in [0.1, 0.15) is 0 Å². The van der Waals surface area contributed by atoms with Gasteiger partial charge in [0.2, 0.25) is 0 Å². The molecule has 0 bridgehead atoms. The molecule has 0 saturated carbocycles. The molecule has 0 atom stereocenters. The first-order valence-corrected chi connectivity index (χ1v) is 10.2. The minimum absolute atomic E-state index is 0.0426. The third-order valence-corrected chi connectivity index (χ3v) is 6.71. The van der Waals surface area contributed by atoms with Crippen LogP contribution in [-0.4, -0.2) is 50.8 Å². The number of likely N-dealkylation sites (tertiary alicyclic amines) is 1. The van der Waals surface area contributed by atoms with Crippen LogP contribution >= 0.6 is 0 Å². The lowest BCUT2D eigenvalue weighted by molar-refractivity contribution is 0.0575. The Bertz CT molecular complexity index is 687. The van der Waals surface area contributed by atoms with Crippen LogP contribution < -0.4 is 0 Å². The Hall–Kier alpha value is -1.66. The summed E-state index contributed by atoms with van der Waals surface area (Å²) in [7, 11) is -3.31. The molecule has 0 N–H and O–H groups in total. The topological polar surface area (TPSA) is 63.7 Å². The lowest BCUT2D eigenvalue weighted by atomic mass is 9.97. The van der Waals surface area contributed by atoms with Crippen molar-refractivity contribution in [2.24, 2.45) is 5.92 Å². The van der Waals surface area contributed by atoms with Gasteiger partial charge in [-0.1, -0.05) is 6.08 Å². The van der Waals surface area contributed by atoms with Crippen LogP contribution in [0.5, 0.6) is 0 Å². The number of carbonyl (C=O) groups is 1. The highest BCUT2D eigenvalue weighted by Crippen LogP contribution is 2.21. The summed E-state index contributed by atoms with van der Waals surface area (Å²) in [5, 5.41) is -0.476. The second kappa shape index (κ2) is 8.63. The van der Waals surface area contributed by atoms with Crippen molar-refractivity contribution in [2.45, 2.75) is 36.8 Å². The molecule has 1 saturated heterocycles. The summed E-state index contributed by atoms with van der Waals surface area (Å²) in [4.78, 5) is 14.7. The Kier molecular flexibility index (Phi) is 6.79. The number of nitrogens with zero attached hydrogens (tertiary/aromatic N) is 1.